The molecule has 0 radical (unpaired) electrons. The Balaban J connectivity index is 1.38. The minimum absolute atomic E-state index is 0.0455. The average molecular weight is 335 g/mol. The van der Waals surface area contributed by atoms with Crippen molar-refractivity contribution in [2.24, 2.45) is 35.5 Å². The van der Waals surface area contributed by atoms with Gasteiger partial charge in [0.1, 0.15) is 0 Å². The van der Waals surface area contributed by atoms with Gasteiger partial charge in [0.25, 0.3) is 0 Å². The third-order valence-electron chi connectivity index (χ3n) is 7.86. The highest BCUT2D eigenvalue weighted by Crippen LogP contribution is 2.46. The van der Waals surface area contributed by atoms with Crippen LogP contribution in [0.4, 0.5) is 0 Å². The van der Waals surface area contributed by atoms with E-state index in [0.29, 0.717) is 0 Å². The summed E-state index contributed by atoms with van der Waals surface area (Å²) in [7, 11) is 0. The van der Waals surface area contributed by atoms with Crippen LogP contribution in [0.25, 0.3) is 0 Å². The van der Waals surface area contributed by atoms with Crippen molar-refractivity contribution in [1.82, 2.24) is 0 Å². The minimum Gasteiger partial charge on any atom is -0.481 e. The Bertz CT molecular complexity index is 381. The lowest BCUT2D eigenvalue weighted by molar-refractivity contribution is -0.143. The molecule has 3 fully saturated rings. The van der Waals surface area contributed by atoms with Crippen LogP contribution < -0.4 is 0 Å². The molecular formula is C22H38O2. The largest absolute Gasteiger partial charge is 0.481 e. The molecule has 0 aliphatic heterocycles. The SMILES string of the molecule is CCC[C@H]1CC[C@H]([C@H]2CC[C@H]([C@H]3CC[C@@H](C(=O)O)CC3)CC2)CC1. The van der Waals surface area contributed by atoms with E-state index < -0.39 is 5.97 Å². The maximum atomic E-state index is 11.1. The summed E-state index contributed by atoms with van der Waals surface area (Å²) >= 11 is 0. The predicted octanol–water partition coefficient (Wildman–Crippen LogP) is 6.29. The number of carboxylic acid groups (broad SMARTS) is 1. The highest BCUT2D eigenvalue weighted by atomic mass is 16.4. The highest BCUT2D eigenvalue weighted by molar-refractivity contribution is 5.69. The monoisotopic (exact) mass is 334 g/mol. The van der Waals surface area contributed by atoms with Gasteiger partial charge in [-0.1, -0.05) is 32.6 Å². The number of carboxylic acids is 1. The van der Waals surface area contributed by atoms with Crippen molar-refractivity contribution in [2.45, 2.75) is 96.8 Å². The molecule has 2 nitrogen and oxygen atoms in total. The summed E-state index contributed by atoms with van der Waals surface area (Å²) < 4.78 is 0. The summed E-state index contributed by atoms with van der Waals surface area (Å²) in [6, 6.07) is 0. The number of aliphatic carboxylic acids is 1. The molecule has 0 spiro atoms. The summed E-state index contributed by atoms with van der Waals surface area (Å²) in [6.45, 7) is 2.33. The first-order valence-corrected chi connectivity index (χ1v) is 10.9. The van der Waals surface area contributed by atoms with Crippen molar-refractivity contribution in [2.75, 3.05) is 0 Å². The maximum Gasteiger partial charge on any atom is 0.306 e. The van der Waals surface area contributed by atoms with Crippen LogP contribution in [0, 0.1) is 35.5 Å². The fourth-order valence-electron chi connectivity index (χ4n) is 6.28. The lowest BCUT2D eigenvalue weighted by Crippen LogP contribution is -2.30. The topological polar surface area (TPSA) is 37.3 Å². The van der Waals surface area contributed by atoms with Gasteiger partial charge in [0.05, 0.1) is 5.92 Å². The number of carbonyl (C=O) groups is 1. The van der Waals surface area contributed by atoms with Crippen molar-refractivity contribution in [3.63, 3.8) is 0 Å². The zero-order chi connectivity index (χ0) is 16.9. The zero-order valence-corrected chi connectivity index (χ0v) is 15.7. The van der Waals surface area contributed by atoms with Gasteiger partial charge in [0, 0.05) is 0 Å². The molecule has 3 aliphatic carbocycles. The van der Waals surface area contributed by atoms with Gasteiger partial charge in [0.2, 0.25) is 0 Å². The Morgan fingerprint density at radius 3 is 1.46 bits per heavy atom. The summed E-state index contributed by atoms with van der Waals surface area (Å²) in [5, 5.41) is 9.17. The Morgan fingerprint density at radius 2 is 1.08 bits per heavy atom. The summed E-state index contributed by atoms with van der Waals surface area (Å²) in [5.74, 6) is 4.22. The minimum atomic E-state index is -0.559. The van der Waals surface area contributed by atoms with E-state index >= 15 is 0 Å². The first-order valence-electron chi connectivity index (χ1n) is 10.9. The molecule has 0 aromatic rings. The highest BCUT2D eigenvalue weighted by Gasteiger charge is 2.35. The van der Waals surface area contributed by atoms with Crippen LogP contribution in [0.15, 0.2) is 0 Å². The second-order valence-electron chi connectivity index (χ2n) is 9.19. The van der Waals surface area contributed by atoms with Crippen LogP contribution in [0.5, 0.6) is 0 Å². The molecule has 0 atom stereocenters. The van der Waals surface area contributed by atoms with Crippen LogP contribution in [0.1, 0.15) is 96.8 Å². The van der Waals surface area contributed by atoms with Crippen LogP contribution >= 0.6 is 0 Å². The average Bonchev–Trinajstić information content (AvgIpc) is 2.63. The second-order valence-corrected chi connectivity index (χ2v) is 9.19. The Hall–Kier alpha value is -0.530. The van der Waals surface area contributed by atoms with Crippen molar-refractivity contribution in [3.8, 4) is 0 Å². The lowest BCUT2D eigenvalue weighted by atomic mass is 9.65. The van der Waals surface area contributed by atoms with Gasteiger partial charge in [-0.3, -0.25) is 4.79 Å². The van der Waals surface area contributed by atoms with Crippen LogP contribution in [0.2, 0.25) is 0 Å². The molecule has 3 aliphatic rings. The number of hydrogen-bond acceptors (Lipinski definition) is 1. The summed E-state index contributed by atoms with van der Waals surface area (Å²) in [4.78, 5) is 11.1. The molecule has 1 N–H and O–H groups in total. The normalized spacial score (nSPS) is 41.0. The van der Waals surface area contributed by atoms with Gasteiger partial charge >= 0.3 is 5.97 Å². The molecule has 0 heterocycles. The molecule has 24 heavy (non-hydrogen) atoms. The lowest BCUT2D eigenvalue weighted by Gasteiger charge is -2.41. The van der Waals surface area contributed by atoms with E-state index in [1.807, 2.05) is 0 Å². The molecule has 3 rings (SSSR count). The summed E-state index contributed by atoms with van der Waals surface area (Å²) in [6.07, 6.45) is 18.8. The number of rotatable bonds is 5. The summed E-state index contributed by atoms with van der Waals surface area (Å²) in [5.41, 5.74) is 0. The van der Waals surface area contributed by atoms with E-state index in [1.54, 1.807) is 0 Å². The molecule has 0 aromatic heterocycles. The van der Waals surface area contributed by atoms with Gasteiger partial charge in [-0.2, -0.15) is 0 Å². The van der Waals surface area contributed by atoms with Gasteiger partial charge in [-0.05, 0) is 93.8 Å². The molecule has 3 saturated carbocycles. The molecule has 0 aromatic carbocycles. The van der Waals surface area contributed by atoms with Gasteiger partial charge < -0.3 is 5.11 Å². The van der Waals surface area contributed by atoms with Gasteiger partial charge in [-0.15, -0.1) is 0 Å². The maximum absolute atomic E-state index is 11.1. The van der Waals surface area contributed by atoms with E-state index in [0.717, 1.165) is 42.4 Å². The van der Waals surface area contributed by atoms with Gasteiger partial charge in [-0.25, -0.2) is 0 Å². The van der Waals surface area contributed by atoms with Crippen LogP contribution in [0.3, 0.4) is 0 Å². The van der Waals surface area contributed by atoms with Crippen molar-refractivity contribution < 1.29 is 9.90 Å². The molecule has 2 heteroatoms. The molecule has 0 bridgehead atoms. The van der Waals surface area contributed by atoms with E-state index in [9.17, 15) is 4.79 Å². The first kappa shape index (κ1) is 18.3. The first-order chi connectivity index (χ1) is 11.7. The Labute approximate surface area is 148 Å². The smallest absolute Gasteiger partial charge is 0.306 e. The molecular weight excluding hydrogens is 296 g/mol. The standard InChI is InChI=1S/C22H38O2/c1-2-3-16-4-6-17(7-5-16)18-8-10-19(11-9-18)20-12-14-21(15-13-20)22(23)24/h16-21H,2-15H2,1H3,(H,23,24)/t16-,17-,18-,19-,20-,21+. The van der Waals surface area contributed by atoms with E-state index in [1.165, 1.54) is 77.0 Å². The number of hydrogen-bond donors (Lipinski definition) is 1. The molecule has 0 unspecified atom stereocenters. The van der Waals surface area contributed by atoms with Crippen LogP contribution in [-0.2, 0) is 4.79 Å². The third kappa shape index (κ3) is 4.55. The molecule has 138 valence electrons. The van der Waals surface area contributed by atoms with E-state index in [2.05, 4.69) is 6.92 Å². The fourth-order valence-corrected chi connectivity index (χ4v) is 6.28. The Morgan fingerprint density at radius 1 is 0.708 bits per heavy atom. The van der Waals surface area contributed by atoms with E-state index in [-0.39, 0.29) is 5.92 Å². The molecule has 0 saturated heterocycles. The quantitative estimate of drug-likeness (QED) is 0.641. The van der Waals surface area contributed by atoms with Crippen molar-refractivity contribution in [1.29, 1.82) is 0 Å². The third-order valence-corrected chi connectivity index (χ3v) is 7.86. The van der Waals surface area contributed by atoms with Gasteiger partial charge in [0.15, 0.2) is 0 Å². The predicted molar refractivity (Wildman–Crippen MR) is 98.9 cm³/mol. The van der Waals surface area contributed by atoms with Crippen molar-refractivity contribution in [3.05, 3.63) is 0 Å². The Kier molecular flexibility index (Phi) is 6.63. The van der Waals surface area contributed by atoms with E-state index in [4.69, 9.17) is 5.11 Å². The zero-order valence-electron chi connectivity index (χ0n) is 15.7. The van der Waals surface area contributed by atoms with Crippen molar-refractivity contribution >= 4 is 5.97 Å². The molecule has 0 amide bonds. The fraction of sp³-hybridized carbons (Fsp3) is 0.955. The second kappa shape index (κ2) is 8.72. The van der Waals surface area contributed by atoms with Crippen LogP contribution in [-0.4, -0.2) is 11.1 Å².